The Labute approximate surface area is 319 Å². The van der Waals surface area contributed by atoms with Crippen LogP contribution in [-0.4, -0.2) is 60.6 Å². The lowest BCUT2D eigenvalue weighted by Gasteiger charge is -2.27. The van der Waals surface area contributed by atoms with Gasteiger partial charge in [0.05, 0.1) is 26.2 Å². The van der Waals surface area contributed by atoms with E-state index in [4.69, 9.17) is 19.7 Å². The second-order valence-corrected chi connectivity index (χ2v) is 18.0. The minimum absolute atomic E-state index is 0.0227. The van der Waals surface area contributed by atoms with Crippen molar-refractivity contribution in [2.75, 3.05) is 33.5 Å². The Bertz CT molecular complexity index is 1840. The molecule has 0 radical (unpaired) electrons. The maximum atomic E-state index is 12.7. The maximum Gasteiger partial charge on any atom is 0.206 e. The summed E-state index contributed by atoms with van der Waals surface area (Å²) in [6.07, 6.45) is 9.10. The molecule has 2 aliphatic carbocycles. The van der Waals surface area contributed by atoms with Gasteiger partial charge in [-0.3, -0.25) is 0 Å². The first-order valence-corrected chi connectivity index (χ1v) is 21.3. The van der Waals surface area contributed by atoms with Gasteiger partial charge in [-0.2, -0.15) is 0 Å². The van der Waals surface area contributed by atoms with Crippen molar-refractivity contribution < 1.29 is 45.3 Å². The van der Waals surface area contributed by atoms with E-state index in [9.17, 15) is 25.6 Å². The molecular weight excluding hydrogens is 735 g/mol. The number of hydrogen-bond donors (Lipinski definition) is 2. The van der Waals surface area contributed by atoms with Crippen molar-refractivity contribution in [3.8, 4) is 5.75 Å². The zero-order chi connectivity index (χ0) is 39.1. The van der Waals surface area contributed by atoms with Crippen LogP contribution in [0, 0.1) is 42.2 Å². The summed E-state index contributed by atoms with van der Waals surface area (Å²) in [5, 5.41) is 17.6. The van der Waals surface area contributed by atoms with Crippen LogP contribution in [0.1, 0.15) is 56.9 Å². The summed E-state index contributed by atoms with van der Waals surface area (Å²) in [6, 6.07) is 22.6. The van der Waals surface area contributed by atoms with Crippen LogP contribution in [0.3, 0.4) is 0 Å². The topological polar surface area (TPSA) is 127 Å². The Balaban J connectivity index is 0.000000204. The van der Waals surface area contributed by atoms with E-state index < -0.39 is 31.3 Å². The number of sulfone groups is 2. The highest BCUT2D eigenvalue weighted by atomic mass is 32.2. The van der Waals surface area contributed by atoms with Crippen LogP contribution in [0.25, 0.3) is 0 Å². The molecule has 2 saturated carbocycles. The Morgan fingerprint density at radius 3 is 1.19 bits per heavy atom. The molecule has 0 aromatic heterocycles. The summed E-state index contributed by atoms with van der Waals surface area (Å²) in [6.45, 7) is 4.14. The van der Waals surface area contributed by atoms with Gasteiger partial charge in [-0.1, -0.05) is 17.7 Å². The summed E-state index contributed by atoms with van der Waals surface area (Å²) in [7, 11) is -5.43. The highest BCUT2D eigenvalue weighted by Gasteiger charge is 2.23. The molecule has 2 fully saturated rings. The fourth-order valence-electron chi connectivity index (χ4n) is 6.54. The molecule has 0 amide bonds. The molecule has 0 heterocycles. The van der Waals surface area contributed by atoms with Crippen molar-refractivity contribution in [2.24, 2.45) is 23.7 Å². The first kappa shape index (κ1) is 43.1. The number of hydrogen-bond acceptors (Lipinski definition) is 8. The van der Waals surface area contributed by atoms with Crippen LogP contribution in [0.4, 0.5) is 8.78 Å². The zero-order valence-corrected chi connectivity index (χ0v) is 32.6. The van der Waals surface area contributed by atoms with Gasteiger partial charge in [0.2, 0.25) is 19.7 Å². The van der Waals surface area contributed by atoms with Crippen molar-refractivity contribution >= 4 is 19.7 Å². The number of methoxy groups -OCH3 is 1. The van der Waals surface area contributed by atoms with Gasteiger partial charge >= 0.3 is 0 Å². The molecule has 2 N–H and O–H groups in total. The van der Waals surface area contributed by atoms with Gasteiger partial charge in [0.1, 0.15) is 17.4 Å². The molecule has 12 heteroatoms. The fourth-order valence-corrected chi connectivity index (χ4v) is 9.07. The summed E-state index contributed by atoms with van der Waals surface area (Å²) < 4.78 is 85.9. The number of rotatable bonds is 11. The van der Waals surface area contributed by atoms with Gasteiger partial charge in [0, 0.05) is 26.9 Å². The van der Waals surface area contributed by atoms with Crippen molar-refractivity contribution in [1.29, 1.82) is 0 Å². The number of aryl methyl sites for hydroxylation is 1. The number of aliphatic hydroxyl groups is 2. The Morgan fingerprint density at radius 1 is 0.519 bits per heavy atom. The lowest BCUT2D eigenvalue weighted by Crippen LogP contribution is -2.22. The van der Waals surface area contributed by atoms with Crippen LogP contribution in [0.15, 0.2) is 117 Å². The Kier molecular flexibility index (Phi) is 16.6. The van der Waals surface area contributed by atoms with Crippen LogP contribution in [-0.2, 0) is 24.4 Å². The molecule has 4 aromatic carbocycles. The van der Waals surface area contributed by atoms with Crippen molar-refractivity contribution in [1.82, 2.24) is 0 Å². The SMILES string of the molecule is COCC1CCC(COc2ccc(S(=O)(=O)c3ccc(C)cc3)cc2)CC1.O=S(=O)(c1ccc(F)cc1)c1ccc(F)cc1.OCC1CCC(CO)CC1. The van der Waals surface area contributed by atoms with Crippen molar-refractivity contribution in [2.45, 2.75) is 77.9 Å². The molecule has 0 atom stereocenters. The molecule has 8 nitrogen and oxygen atoms in total. The highest BCUT2D eigenvalue weighted by molar-refractivity contribution is 7.91. The van der Waals surface area contributed by atoms with Gasteiger partial charge in [0.25, 0.3) is 0 Å². The molecule has 0 unspecified atom stereocenters. The monoisotopic (exact) mass is 786 g/mol. The zero-order valence-electron chi connectivity index (χ0n) is 30.9. The largest absolute Gasteiger partial charge is 0.493 e. The maximum absolute atomic E-state index is 12.7. The first-order chi connectivity index (χ1) is 25.8. The molecule has 294 valence electrons. The molecule has 2 aliphatic rings. The molecule has 0 spiro atoms. The van der Waals surface area contributed by atoms with Gasteiger partial charge in [-0.05, 0) is 167 Å². The summed E-state index contributed by atoms with van der Waals surface area (Å²) >= 11 is 0. The van der Waals surface area contributed by atoms with Gasteiger partial charge in [-0.15, -0.1) is 0 Å². The standard InChI is InChI=1S/C22H28O4S.C12H8F2O2S.C8H16O2/c1-17-3-11-21(12-4-17)27(23,24)22-13-9-20(10-14-22)26-16-19-7-5-18(6-8-19)15-25-2;13-9-1-5-11(6-2-9)17(15,16)12-7-3-10(14)4-8-12;9-5-7-1-2-8(6-10)4-3-7/h3-4,9-14,18-19H,5-8,15-16H2,1-2H3;1-8H;7-10H,1-6H2. The Hall–Kier alpha value is -3.68. The molecule has 54 heavy (non-hydrogen) atoms. The van der Waals surface area contributed by atoms with Crippen molar-refractivity contribution in [3.05, 3.63) is 114 Å². The number of benzene rings is 4. The first-order valence-electron chi connectivity index (χ1n) is 18.4. The molecule has 0 bridgehead atoms. The lowest BCUT2D eigenvalue weighted by molar-refractivity contribution is 0.106. The summed E-state index contributed by atoms with van der Waals surface area (Å²) in [4.78, 5) is 0.560. The highest BCUT2D eigenvalue weighted by Crippen LogP contribution is 2.31. The Morgan fingerprint density at radius 2 is 0.833 bits per heavy atom. The second-order valence-electron chi connectivity index (χ2n) is 14.1. The third-order valence-electron chi connectivity index (χ3n) is 10.1. The lowest BCUT2D eigenvalue weighted by atomic mass is 9.83. The molecule has 0 aliphatic heterocycles. The predicted molar refractivity (Wildman–Crippen MR) is 204 cm³/mol. The van der Waals surface area contributed by atoms with E-state index >= 15 is 0 Å². The summed E-state index contributed by atoms with van der Waals surface area (Å²) in [5.41, 5.74) is 1.04. The van der Waals surface area contributed by atoms with E-state index in [1.54, 1.807) is 43.5 Å². The van der Waals surface area contributed by atoms with E-state index in [1.165, 1.54) is 37.1 Å². The van der Waals surface area contributed by atoms with E-state index in [-0.39, 0.29) is 9.79 Å². The minimum atomic E-state index is -3.71. The smallest absolute Gasteiger partial charge is 0.206 e. The van der Waals surface area contributed by atoms with Gasteiger partial charge in [0.15, 0.2) is 0 Å². The number of ether oxygens (including phenoxy) is 2. The minimum Gasteiger partial charge on any atom is -0.493 e. The van der Waals surface area contributed by atoms with E-state index in [2.05, 4.69) is 0 Å². The van der Waals surface area contributed by atoms with Gasteiger partial charge in [-0.25, -0.2) is 25.6 Å². The van der Waals surface area contributed by atoms with E-state index in [0.29, 0.717) is 53.3 Å². The predicted octanol–water partition coefficient (Wildman–Crippen LogP) is 8.23. The van der Waals surface area contributed by atoms with E-state index in [0.717, 1.165) is 80.7 Å². The van der Waals surface area contributed by atoms with Crippen LogP contribution < -0.4 is 4.74 Å². The van der Waals surface area contributed by atoms with E-state index in [1.807, 2.05) is 19.1 Å². The molecular formula is C42H52F2O8S2. The summed E-state index contributed by atoms with van der Waals surface area (Å²) in [5.74, 6) is 1.97. The molecule has 0 saturated heterocycles. The molecule has 4 aromatic rings. The average Bonchev–Trinajstić information content (AvgIpc) is 3.19. The second kappa shape index (κ2) is 20.8. The van der Waals surface area contributed by atoms with Gasteiger partial charge < -0.3 is 19.7 Å². The average molecular weight is 787 g/mol. The number of aliphatic hydroxyl groups excluding tert-OH is 2. The number of halogens is 2. The normalized spacial score (nSPS) is 20.1. The fraction of sp³-hybridized carbons (Fsp3) is 0.429. The van der Waals surface area contributed by atoms with Crippen LogP contribution >= 0.6 is 0 Å². The quantitative estimate of drug-likeness (QED) is 0.146. The molecule has 6 rings (SSSR count). The third kappa shape index (κ3) is 12.7. The van der Waals surface area contributed by atoms with Crippen LogP contribution in [0.2, 0.25) is 0 Å². The third-order valence-corrected chi connectivity index (χ3v) is 13.6. The van der Waals surface area contributed by atoms with Crippen molar-refractivity contribution in [3.63, 3.8) is 0 Å². The van der Waals surface area contributed by atoms with Crippen LogP contribution in [0.5, 0.6) is 5.75 Å².